The van der Waals surface area contributed by atoms with E-state index in [1.54, 1.807) is 18.2 Å². The van der Waals surface area contributed by atoms with Gasteiger partial charge in [-0.3, -0.25) is 4.79 Å². The van der Waals surface area contributed by atoms with Gasteiger partial charge in [0, 0.05) is 0 Å². The maximum Gasteiger partial charge on any atom is 0.252 e. The summed E-state index contributed by atoms with van der Waals surface area (Å²) in [5.41, 5.74) is 7.90. The van der Waals surface area contributed by atoms with Gasteiger partial charge in [0.15, 0.2) is 0 Å². The molecule has 0 fully saturated rings. The molecule has 2 N–H and O–H groups in total. The molecule has 3 heteroatoms. The topological polar surface area (TPSA) is 52.3 Å². The maximum absolute atomic E-state index is 11.3. The monoisotopic (exact) mass is 267 g/mol. The highest BCUT2D eigenvalue weighted by Gasteiger charge is 2.07. The average Bonchev–Trinajstić information content (AvgIpc) is 2.46. The molecular weight excluding hydrogens is 250 g/mol. The van der Waals surface area contributed by atoms with E-state index in [0.29, 0.717) is 17.9 Å². The molecule has 2 aromatic carbocycles. The summed E-state index contributed by atoms with van der Waals surface area (Å²) >= 11 is 0. The molecule has 0 aromatic heterocycles. The predicted molar refractivity (Wildman–Crippen MR) is 80.5 cm³/mol. The molecule has 0 aliphatic rings. The summed E-state index contributed by atoms with van der Waals surface area (Å²) in [5.74, 6) is 0.0334. The van der Waals surface area contributed by atoms with Crippen LogP contribution < -0.4 is 10.5 Å². The Balaban J connectivity index is 2.06. The van der Waals surface area contributed by atoms with Gasteiger partial charge in [-0.1, -0.05) is 48.5 Å². The number of hydrogen-bond acceptors (Lipinski definition) is 2. The summed E-state index contributed by atoms with van der Waals surface area (Å²) in [6.45, 7) is 2.40. The Morgan fingerprint density at radius 2 is 1.75 bits per heavy atom. The summed E-state index contributed by atoms with van der Waals surface area (Å²) in [5, 5.41) is 0. The summed E-state index contributed by atoms with van der Waals surface area (Å²) in [7, 11) is 0. The number of rotatable bonds is 5. The minimum Gasteiger partial charge on any atom is -0.488 e. The van der Waals surface area contributed by atoms with Crippen molar-refractivity contribution >= 4 is 12.0 Å². The maximum atomic E-state index is 11.3. The third kappa shape index (κ3) is 3.72. The van der Waals surface area contributed by atoms with Crippen molar-refractivity contribution in [1.29, 1.82) is 0 Å². The summed E-state index contributed by atoms with van der Waals surface area (Å²) in [6.07, 6.45) is 2.05. The van der Waals surface area contributed by atoms with E-state index in [4.69, 9.17) is 10.5 Å². The number of ether oxygens (including phenoxy) is 1. The first-order chi connectivity index (χ1) is 9.66. The average molecular weight is 267 g/mol. The third-order valence-electron chi connectivity index (χ3n) is 2.82. The van der Waals surface area contributed by atoms with Crippen LogP contribution in [0.15, 0.2) is 60.2 Å². The molecule has 2 aromatic rings. The van der Waals surface area contributed by atoms with Crippen molar-refractivity contribution < 1.29 is 9.53 Å². The Labute approximate surface area is 118 Å². The second-order valence-electron chi connectivity index (χ2n) is 4.55. The lowest BCUT2D eigenvalue weighted by atomic mass is 10.1. The highest BCUT2D eigenvalue weighted by molar-refractivity contribution is 5.95. The Hall–Kier alpha value is -2.55. The van der Waals surface area contributed by atoms with E-state index in [1.165, 1.54) is 0 Å². The standard InChI is InChI=1S/C17H17NO2/c1-13(11-14-7-3-2-4-8-14)12-20-16-10-6-5-9-15(16)17(18)19/h2-11H,12H2,1H3,(H2,18,19)/b13-11+. The van der Waals surface area contributed by atoms with Gasteiger partial charge in [0.2, 0.25) is 0 Å². The van der Waals surface area contributed by atoms with Crippen molar-refractivity contribution in [2.24, 2.45) is 5.73 Å². The van der Waals surface area contributed by atoms with Crippen LogP contribution in [-0.4, -0.2) is 12.5 Å². The first kappa shape index (κ1) is 13.9. The summed E-state index contributed by atoms with van der Waals surface area (Å²) < 4.78 is 5.66. The van der Waals surface area contributed by atoms with E-state index in [1.807, 2.05) is 49.4 Å². The number of primary amides is 1. The second-order valence-corrected chi connectivity index (χ2v) is 4.55. The van der Waals surface area contributed by atoms with Crippen LogP contribution in [-0.2, 0) is 0 Å². The second kappa shape index (κ2) is 6.57. The van der Waals surface area contributed by atoms with Crippen molar-refractivity contribution in [2.45, 2.75) is 6.92 Å². The van der Waals surface area contributed by atoms with Crippen molar-refractivity contribution in [1.82, 2.24) is 0 Å². The fourth-order valence-electron chi connectivity index (χ4n) is 1.86. The zero-order valence-electron chi connectivity index (χ0n) is 11.4. The largest absolute Gasteiger partial charge is 0.488 e. The van der Waals surface area contributed by atoms with Crippen molar-refractivity contribution in [2.75, 3.05) is 6.61 Å². The quantitative estimate of drug-likeness (QED) is 0.904. The van der Waals surface area contributed by atoms with E-state index in [2.05, 4.69) is 0 Å². The van der Waals surface area contributed by atoms with Gasteiger partial charge < -0.3 is 10.5 Å². The van der Waals surface area contributed by atoms with E-state index in [0.717, 1.165) is 11.1 Å². The van der Waals surface area contributed by atoms with Crippen LogP contribution in [0.25, 0.3) is 6.08 Å². The van der Waals surface area contributed by atoms with Gasteiger partial charge >= 0.3 is 0 Å². The van der Waals surface area contributed by atoms with Crippen molar-refractivity contribution in [3.05, 3.63) is 71.3 Å². The molecule has 2 rings (SSSR count). The fraction of sp³-hybridized carbons (Fsp3) is 0.118. The van der Waals surface area contributed by atoms with Crippen LogP contribution in [0.3, 0.4) is 0 Å². The molecule has 0 radical (unpaired) electrons. The lowest BCUT2D eigenvalue weighted by Crippen LogP contribution is -2.13. The molecular formula is C17H17NO2. The first-order valence-electron chi connectivity index (χ1n) is 6.40. The molecule has 0 aliphatic carbocycles. The lowest BCUT2D eigenvalue weighted by Gasteiger charge is -2.09. The van der Waals surface area contributed by atoms with Crippen LogP contribution in [0.2, 0.25) is 0 Å². The Kier molecular flexibility index (Phi) is 4.56. The number of amides is 1. The fourth-order valence-corrected chi connectivity index (χ4v) is 1.86. The van der Waals surface area contributed by atoms with Crippen LogP contribution in [0.1, 0.15) is 22.8 Å². The molecule has 0 heterocycles. The number of nitrogens with two attached hydrogens (primary N) is 1. The lowest BCUT2D eigenvalue weighted by molar-refractivity contribution is 0.0997. The van der Waals surface area contributed by atoms with E-state index < -0.39 is 5.91 Å². The van der Waals surface area contributed by atoms with Gasteiger partial charge in [-0.25, -0.2) is 0 Å². The number of carbonyl (C=O) groups excluding carboxylic acids is 1. The van der Waals surface area contributed by atoms with Gasteiger partial charge in [-0.2, -0.15) is 0 Å². The smallest absolute Gasteiger partial charge is 0.252 e. The van der Waals surface area contributed by atoms with Crippen molar-refractivity contribution in [3.8, 4) is 5.75 Å². The van der Waals surface area contributed by atoms with E-state index >= 15 is 0 Å². The number of para-hydroxylation sites is 1. The first-order valence-corrected chi connectivity index (χ1v) is 6.40. The molecule has 0 spiro atoms. The predicted octanol–water partition coefficient (Wildman–Crippen LogP) is 3.27. The Bertz CT molecular complexity index is 618. The highest BCUT2D eigenvalue weighted by Crippen LogP contribution is 2.18. The van der Waals surface area contributed by atoms with Gasteiger partial charge in [0.1, 0.15) is 12.4 Å². The zero-order valence-corrected chi connectivity index (χ0v) is 11.4. The van der Waals surface area contributed by atoms with Crippen LogP contribution in [0, 0.1) is 0 Å². The Morgan fingerprint density at radius 3 is 2.45 bits per heavy atom. The SMILES string of the molecule is C/C(=C\c1ccccc1)COc1ccccc1C(N)=O. The van der Waals surface area contributed by atoms with Gasteiger partial charge in [0.05, 0.1) is 5.56 Å². The molecule has 3 nitrogen and oxygen atoms in total. The normalized spacial score (nSPS) is 11.2. The van der Waals surface area contributed by atoms with Gasteiger partial charge in [0.25, 0.3) is 5.91 Å². The third-order valence-corrected chi connectivity index (χ3v) is 2.82. The van der Waals surface area contributed by atoms with E-state index in [9.17, 15) is 4.79 Å². The molecule has 20 heavy (non-hydrogen) atoms. The van der Waals surface area contributed by atoms with Gasteiger partial charge in [-0.15, -0.1) is 0 Å². The van der Waals surface area contributed by atoms with Crippen LogP contribution in [0.5, 0.6) is 5.75 Å². The summed E-state index contributed by atoms with van der Waals surface area (Å²) in [6, 6.07) is 17.0. The molecule has 102 valence electrons. The zero-order chi connectivity index (χ0) is 14.4. The number of benzene rings is 2. The van der Waals surface area contributed by atoms with Crippen LogP contribution >= 0.6 is 0 Å². The van der Waals surface area contributed by atoms with Crippen molar-refractivity contribution in [3.63, 3.8) is 0 Å². The molecule has 0 bridgehead atoms. The number of hydrogen-bond donors (Lipinski definition) is 1. The van der Waals surface area contributed by atoms with E-state index in [-0.39, 0.29) is 0 Å². The number of carbonyl (C=O) groups is 1. The molecule has 0 saturated carbocycles. The highest BCUT2D eigenvalue weighted by atomic mass is 16.5. The minimum atomic E-state index is -0.481. The molecule has 1 amide bonds. The molecule has 0 saturated heterocycles. The molecule has 0 aliphatic heterocycles. The van der Waals surface area contributed by atoms with Gasteiger partial charge in [-0.05, 0) is 30.2 Å². The van der Waals surface area contributed by atoms with Crippen LogP contribution in [0.4, 0.5) is 0 Å². The minimum absolute atomic E-state index is 0.403. The molecule has 0 atom stereocenters. The summed E-state index contributed by atoms with van der Waals surface area (Å²) in [4.78, 5) is 11.3. The molecule has 0 unspecified atom stereocenters. The Morgan fingerprint density at radius 1 is 1.10 bits per heavy atom.